The fraction of sp³-hybridized carbons (Fsp3) is 0.800. The smallest absolute Gasteiger partial charge is 0.236 e. The summed E-state index contributed by atoms with van der Waals surface area (Å²) in [5.74, 6) is 0.191. The summed E-state index contributed by atoms with van der Waals surface area (Å²) in [4.78, 5) is 25.5. The lowest BCUT2D eigenvalue weighted by molar-refractivity contribution is -0.131. The minimum absolute atomic E-state index is 0.191. The van der Waals surface area contributed by atoms with Gasteiger partial charge in [-0.25, -0.2) is 0 Å². The van der Waals surface area contributed by atoms with Crippen molar-refractivity contribution in [3.8, 4) is 0 Å². The van der Waals surface area contributed by atoms with Gasteiger partial charge in [0.05, 0.1) is 6.54 Å². The van der Waals surface area contributed by atoms with E-state index in [9.17, 15) is 9.59 Å². The minimum atomic E-state index is 0.191. The molecule has 0 aliphatic carbocycles. The Balaban J connectivity index is 2.21. The first-order valence-electron chi connectivity index (χ1n) is 5.14. The van der Waals surface area contributed by atoms with E-state index in [1.165, 1.54) is 0 Å². The summed E-state index contributed by atoms with van der Waals surface area (Å²) < 4.78 is 0. The van der Waals surface area contributed by atoms with Gasteiger partial charge in [-0.3, -0.25) is 9.69 Å². The summed E-state index contributed by atoms with van der Waals surface area (Å²) in [5.41, 5.74) is 0. The van der Waals surface area contributed by atoms with Crippen molar-refractivity contribution in [3.05, 3.63) is 0 Å². The van der Waals surface area contributed by atoms with E-state index in [0.717, 1.165) is 32.2 Å². The summed E-state index contributed by atoms with van der Waals surface area (Å²) in [5, 5.41) is 0. The normalized spacial score (nSPS) is 16.3. The highest BCUT2D eigenvalue weighted by Gasteiger charge is 2.18. The highest BCUT2D eigenvalue weighted by Crippen LogP contribution is 2.07. The molecule has 0 N–H and O–H groups in total. The predicted octanol–water partition coefficient (Wildman–Crippen LogP) is 0.130. The number of hydrogen-bond donors (Lipinski definition) is 0. The van der Waals surface area contributed by atoms with Gasteiger partial charge in [-0.1, -0.05) is 0 Å². The molecule has 0 bridgehead atoms. The van der Waals surface area contributed by atoms with Crippen molar-refractivity contribution in [3.63, 3.8) is 0 Å². The number of nitrogens with zero attached hydrogens (tertiary/aromatic N) is 2. The number of carbonyl (C=O) groups excluding carboxylic acids is 2. The van der Waals surface area contributed by atoms with E-state index < -0.39 is 0 Å². The first-order chi connectivity index (χ1) is 6.74. The van der Waals surface area contributed by atoms with Crippen molar-refractivity contribution >= 4 is 12.2 Å². The van der Waals surface area contributed by atoms with Crippen LogP contribution in [-0.4, -0.2) is 55.2 Å². The van der Waals surface area contributed by atoms with Gasteiger partial charge in [0.1, 0.15) is 6.29 Å². The van der Waals surface area contributed by atoms with Crippen LogP contribution in [0.3, 0.4) is 0 Å². The maximum atomic E-state index is 11.6. The lowest BCUT2D eigenvalue weighted by Crippen LogP contribution is -2.37. The fourth-order valence-corrected chi connectivity index (χ4v) is 1.65. The van der Waals surface area contributed by atoms with Gasteiger partial charge in [-0.05, 0) is 19.9 Å². The van der Waals surface area contributed by atoms with Crippen molar-refractivity contribution in [2.45, 2.75) is 19.3 Å². The predicted molar refractivity (Wildman–Crippen MR) is 54.0 cm³/mol. The maximum absolute atomic E-state index is 11.6. The van der Waals surface area contributed by atoms with Crippen molar-refractivity contribution in [2.75, 3.05) is 33.2 Å². The van der Waals surface area contributed by atoms with E-state index in [4.69, 9.17) is 0 Å². The molecule has 0 unspecified atom stereocenters. The zero-order valence-electron chi connectivity index (χ0n) is 8.74. The third-order valence-electron chi connectivity index (χ3n) is 2.49. The SMILES string of the molecule is CN(CCC=O)CC(=O)N1CCCC1. The van der Waals surface area contributed by atoms with Gasteiger partial charge < -0.3 is 9.69 Å². The zero-order chi connectivity index (χ0) is 10.4. The van der Waals surface area contributed by atoms with Crippen LogP contribution in [0.25, 0.3) is 0 Å². The molecule has 0 radical (unpaired) electrons. The molecule has 1 saturated heterocycles. The van der Waals surface area contributed by atoms with Gasteiger partial charge in [0, 0.05) is 26.1 Å². The Morgan fingerprint density at radius 1 is 1.43 bits per heavy atom. The van der Waals surface area contributed by atoms with E-state index in [1.807, 2.05) is 16.8 Å². The van der Waals surface area contributed by atoms with E-state index >= 15 is 0 Å². The largest absolute Gasteiger partial charge is 0.342 e. The zero-order valence-corrected chi connectivity index (χ0v) is 8.74. The maximum Gasteiger partial charge on any atom is 0.236 e. The van der Waals surface area contributed by atoms with Crippen LogP contribution in [0.2, 0.25) is 0 Å². The van der Waals surface area contributed by atoms with Gasteiger partial charge in [0.2, 0.25) is 5.91 Å². The van der Waals surface area contributed by atoms with Crippen LogP contribution in [0.4, 0.5) is 0 Å². The topological polar surface area (TPSA) is 40.6 Å². The molecule has 0 aromatic heterocycles. The van der Waals surface area contributed by atoms with Gasteiger partial charge in [0.25, 0.3) is 0 Å². The highest BCUT2D eigenvalue weighted by atomic mass is 16.2. The van der Waals surface area contributed by atoms with Gasteiger partial charge >= 0.3 is 0 Å². The number of likely N-dealkylation sites (N-methyl/N-ethyl adjacent to an activating group) is 1. The molecular formula is C10H18N2O2. The van der Waals surface area contributed by atoms with E-state index in [-0.39, 0.29) is 5.91 Å². The first-order valence-corrected chi connectivity index (χ1v) is 5.14. The van der Waals surface area contributed by atoms with Gasteiger partial charge in [0.15, 0.2) is 0 Å². The molecule has 1 heterocycles. The van der Waals surface area contributed by atoms with E-state index in [1.54, 1.807) is 0 Å². The van der Waals surface area contributed by atoms with Crippen LogP contribution in [0, 0.1) is 0 Å². The van der Waals surface area contributed by atoms with E-state index in [0.29, 0.717) is 19.5 Å². The molecule has 1 aliphatic heterocycles. The fourth-order valence-electron chi connectivity index (χ4n) is 1.65. The summed E-state index contributed by atoms with van der Waals surface area (Å²) in [6.07, 6.45) is 3.65. The number of hydrogen-bond acceptors (Lipinski definition) is 3. The highest BCUT2D eigenvalue weighted by molar-refractivity contribution is 5.78. The molecule has 80 valence electrons. The second-order valence-corrected chi connectivity index (χ2v) is 3.78. The molecule has 0 saturated carbocycles. The Morgan fingerprint density at radius 2 is 2.07 bits per heavy atom. The number of aldehydes is 1. The van der Waals surface area contributed by atoms with Crippen LogP contribution < -0.4 is 0 Å². The Morgan fingerprint density at radius 3 is 2.64 bits per heavy atom. The third kappa shape index (κ3) is 3.46. The average Bonchev–Trinajstić information content (AvgIpc) is 2.67. The molecule has 0 aromatic carbocycles. The third-order valence-corrected chi connectivity index (χ3v) is 2.49. The number of carbonyl (C=O) groups is 2. The lowest BCUT2D eigenvalue weighted by atomic mass is 10.4. The van der Waals surface area contributed by atoms with Gasteiger partial charge in [-0.2, -0.15) is 0 Å². The summed E-state index contributed by atoms with van der Waals surface area (Å²) >= 11 is 0. The van der Waals surface area contributed by atoms with Crippen LogP contribution in [0.15, 0.2) is 0 Å². The molecule has 14 heavy (non-hydrogen) atoms. The minimum Gasteiger partial charge on any atom is -0.342 e. The molecule has 1 amide bonds. The molecule has 4 nitrogen and oxygen atoms in total. The molecule has 4 heteroatoms. The van der Waals surface area contributed by atoms with Crippen LogP contribution in [0.5, 0.6) is 0 Å². The second kappa shape index (κ2) is 5.75. The van der Waals surface area contributed by atoms with E-state index in [2.05, 4.69) is 0 Å². The Labute approximate surface area is 84.9 Å². The summed E-state index contributed by atoms with van der Waals surface area (Å²) in [6, 6.07) is 0. The quantitative estimate of drug-likeness (QED) is 0.590. The molecule has 1 rings (SSSR count). The Hall–Kier alpha value is -0.900. The Kier molecular flexibility index (Phi) is 4.59. The molecule has 1 aliphatic rings. The molecule has 0 aromatic rings. The number of rotatable bonds is 5. The van der Waals surface area contributed by atoms with Crippen molar-refractivity contribution < 1.29 is 9.59 Å². The summed E-state index contributed by atoms with van der Waals surface area (Å²) in [6.45, 7) is 2.91. The van der Waals surface area contributed by atoms with Crippen molar-refractivity contribution in [1.29, 1.82) is 0 Å². The monoisotopic (exact) mass is 198 g/mol. The van der Waals surface area contributed by atoms with Crippen molar-refractivity contribution in [1.82, 2.24) is 9.80 Å². The number of likely N-dealkylation sites (tertiary alicyclic amines) is 1. The van der Waals surface area contributed by atoms with Crippen LogP contribution in [0.1, 0.15) is 19.3 Å². The standard InChI is InChI=1S/C10H18N2O2/c1-11(5-4-8-13)9-10(14)12-6-2-3-7-12/h8H,2-7,9H2,1H3. The molecular weight excluding hydrogens is 180 g/mol. The average molecular weight is 198 g/mol. The van der Waals surface area contributed by atoms with Crippen LogP contribution >= 0.6 is 0 Å². The lowest BCUT2D eigenvalue weighted by Gasteiger charge is -2.20. The van der Waals surface area contributed by atoms with Crippen LogP contribution in [-0.2, 0) is 9.59 Å². The number of amides is 1. The second-order valence-electron chi connectivity index (χ2n) is 3.78. The molecule has 0 atom stereocenters. The van der Waals surface area contributed by atoms with Gasteiger partial charge in [-0.15, -0.1) is 0 Å². The molecule has 0 spiro atoms. The Bertz CT molecular complexity index is 200. The summed E-state index contributed by atoms with van der Waals surface area (Å²) in [7, 11) is 1.87. The first kappa shape index (κ1) is 11.2. The molecule has 1 fully saturated rings. The van der Waals surface area contributed by atoms with Crippen molar-refractivity contribution in [2.24, 2.45) is 0 Å².